The van der Waals surface area contributed by atoms with Crippen molar-refractivity contribution in [1.29, 1.82) is 0 Å². The maximum Gasteiger partial charge on any atom is 0.416 e. The Labute approximate surface area is 124 Å². The molecule has 0 N–H and O–H groups in total. The minimum absolute atomic E-state index is 0.430. The van der Waals surface area contributed by atoms with E-state index in [-0.39, 0.29) is 0 Å². The van der Waals surface area contributed by atoms with Crippen LogP contribution in [0.3, 0.4) is 0 Å². The van der Waals surface area contributed by atoms with E-state index >= 15 is 0 Å². The number of rotatable bonds is 2. The third-order valence-electron chi connectivity index (χ3n) is 3.23. The van der Waals surface area contributed by atoms with Gasteiger partial charge in [0.2, 0.25) is 0 Å². The van der Waals surface area contributed by atoms with Gasteiger partial charge in [-0.15, -0.1) is 0 Å². The monoisotopic (exact) mass is 307 g/mol. The topological polar surface area (TPSA) is 46.3 Å². The maximum absolute atomic E-state index is 12.7. The summed E-state index contributed by atoms with van der Waals surface area (Å²) in [6.07, 6.45) is -1.38. The number of alkyl halides is 3. The molecule has 0 unspecified atom stereocenters. The minimum Gasteiger partial charge on any atom is -0.362 e. The lowest BCUT2D eigenvalue weighted by molar-refractivity contribution is -0.137. The van der Waals surface area contributed by atoms with E-state index < -0.39 is 11.7 Å². The van der Waals surface area contributed by atoms with Gasteiger partial charge in [0.1, 0.15) is 12.1 Å². The van der Waals surface area contributed by atoms with Crippen LogP contribution in [0.2, 0.25) is 0 Å². The molecule has 0 atom stereocenters. The first-order chi connectivity index (χ1) is 10.4. The number of hydrogen-bond donors (Lipinski definition) is 0. The van der Waals surface area contributed by atoms with Crippen molar-refractivity contribution in [3.05, 3.63) is 42.4 Å². The van der Waals surface area contributed by atoms with Gasteiger partial charge in [-0.1, -0.05) is 12.1 Å². The van der Waals surface area contributed by atoms with Crippen LogP contribution >= 0.6 is 0 Å². The molecule has 114 valence electrons. The van der Waals surface area contributed by atoms with E-state index in [1.165, 1.54) is 18.5 Å². The number of aromatic nitrogens is 4. The lowest BCUT2D eigenvalue weighted by Gasteiger charge is -2.18. The largest absolute Gasteiger partial charge is 0.416 e. The molecule has 0 spiro atoms. The average molecular weight is 307 g/mol. The van der Waals surface area contributed by atoms with Crippen LogP contribution in [0.5, 0.6) is 0 Å². The molecule has 3 rings (SSSR count). The molecule has 0 radical (unpaired) electrons. The first kappa shape index (κ1) is 14.3. The highest BCUT2D eigenvalue weighted by Crippen LogP contribution is 2.33. The van der Waals surface area contributed by atoms with Crippen molar-refractivity contribution < 1.29 is 13.2 Å². The van der Waals surface area contributed by atoms with Gasteiger partial charge in [-0.3, -0.25) is 0 Å². The fourth-order valence-electron chi connectivity index (χ4n) is 2.24. The van der Waals surface area contributed by atoms with Crippen molar-refractivity contribution in [2.45, 2.75) is 6.18 Å². The van der Waals surface area contributed by atoms with Gasteiger partial charge in [-0.25, -0.2) is 4.98 Å². The molecule has 0 amide bonds. The molecule has 5 nitrogen and oxygen atoms in total. The highest BCUT2D eigenvalue weighted by Gasteiger charge is 2.30. The summed E-state index contributed by atoms with van der Waals surface area (Å²) in [5.41, 5.74) is 0.621. The van der Waals surface area contributed by atoms with Crippen LogP contribution in [-0.4, -0.2) is 33.7 Å². The first-order valence-electron chi connectivity index (χ1n) is 6.41. The zero-order valence-electron chi connectivity index (χ0n) is 11.8. The lowest BCUT2D eigenvalue weighted by Crippen LogP contribution is -2.15. The Bertz CT molecular complexity index is 805. The van der Waals surface area contributed by atoms with Crippen molar-refractivity contribution >= 4 is 11.6 Å². The molecule has 2 aromatic heterocycles. The molecule has 0 aliphatic rings. The van der Waals surface area contributed by atoms with Gasteiger partial charge >= 0.3 is 6.18 Å². The fraction of sp³-hybridized carbons (Fsp3) is 0.214. The number of anilines is 1. The van der Waals surface area contributed by atoms with Crippen molar-refractivity contribution in [1.82, 2.24) is 19.6 Å². The van der Waals surface area contributed by atoms with Crippen LogP contribution in [0.4, 0.5) is 19.0 Å². The van der Waals surface area contributed by atoms with Gasteiger partial charge in [0.15, 0.2) is 0 Å². The molecule has 2 heterocycles. The maximum atomic E-state index is 12.7. The number of halogens is 3. The Balaban J connectivity index is 2.15. The smallest absolute Gasteiger partial charge is 0.362 e. The van der Waals surface area contributed by atoms with E-state index in [2.05, 4.69) is 15.1 Å². The Morgan fingerprint density at radius 3 is 2.32 bits per heavy atom. The molecular formula is C14H12F3N5. The summed E-state index contributed by atoms with van der Waals surface area (Å²) in [5, 5.41) is 4.10. The van der Waals surface area contributed by atoms with Gasteiger partial charge in [-0.2, -0.15) is 27.8 Å². The number of fused-ring (bicyclic) bond motifs is 1. The molecule has 0 saturated heterocycles. The van der Waals surface area contributed by atoms with Crippen LogP contribution in [0.25, 0.3) is 16.9 Å². The molecule has 0 bridgehead atoms. The van der Waals surface area contributed by atoms with Crippen LogP contribution in [0.15, 0.2) is 36.8 Å². The van der Waals surface area contributed by atoms with Crippen LogP contribution in [0, 0.1) is 0 Å². The molecule has 0 fully saturated rings. The first-order valence-corrected chi connectivity index (χ1v) is 6.41. The minimum atomic E-state index is -4.35. The zero-order chi connectivity index (χ0) is 15.9. The highest BCUT2D eigenvalue weighted by molar-refractivity contribution is 5.76. The molecule has 1 aromatic carbocycles. The van der Waals surface area contributed by atoms with E-state index in [1.807, 2.05) is 19.0 Å². The van der Waals surface area contributed by atoms with Gasteiger partial charge in [0.05, 0.1) is 5.56 Å². The second kappa shape index (κ2) is 4.97. The Kier molecular flexibility index (Phi) is 3.23. The van der Waals surface area contributed by atoms with E-state index in [0.717, 1.165) is 12.1 Å². The molecule has 3 aromatic rings. The van der Waals surface area contributed by atoms with Crippen molar-refractivity contribution in [3.8, 4) is 11.1 Å². The van der Waals surface area contributed by atoms with Gasteiger partial charge < -0.3 is 4.90 Å². The molecule has 0 aliphatic carbocycles. The summed E-state index contributed by atoms with van der Waals surface area (Å²) < 4.78 is 39.5. The predicted octanol–water partition coefficient (Wildman–Crippen LogP) is 2.88. The molecular weight excluding hydrogens is 295 g/mol. The third kappa shape index (κ3) is 2.36. The lowest BCUT2D eigenvalue weighted by atomic mass is 10.1. The number of benzene rings is 1. The molecule has 8 heteroatoms. The SMILES string of the molecule is CN(C)c1c(-c2ccc(C(F)(F)F)cc2)cnc2ncnn12. The van der Waals surface area contributed by atoms with E-state index in [0.29, 0.717) is 22.7 Å². The second-order valence-electron chi connectivity index (χ2n) is 4.94. The Morgan fingerprint density at radius 2 is 1.73 bits per heavy atom. The quantitative estimate of drug-likeness (QED) is 0.730. The zero-order valence-corrected chi connectivity index (χ0v) is 11.8. The van der Waals surface area contributed by atoms with E-state index in [1.54, 1.807) is 10.7 Å². The van der Waals surface area contributed by atoms with Crippen molar-refractivity contribution in [2.24, 2.45) is 0 Å². The predicted molar refractivity (Wildman–Crippen MR) is 75.5 cm³/mol. The van der Waals surface area contributed by atoms with E-state index in [9.17, 15) is 13.2 Å². The standard InChI is InChI=1S/C14H12F3N5/c1-21(2)12-11(7-18-13-19-8-20-22(12)13)9-3-5-10(6-4-9)14(15,16)17/h3-8H,1-2H3. The summed E-state index contributed by atoms with van der Waals surface area (Å²) in [7, 11) is 3.65. The van der Waals surface area contributed by atoms with Crippen molar-refractivity contribution in [2.75, 3.05) is 19.0 Å². The van der Waals surface area contributed by atoms with Gasteiger partial charge in [0.25, 0.3) is 5.78 Å². The highest BCUT2D eigenvalue weighted by atomic mass is 19.4. The normalized spacial score (nSPS) is 11.9. The fourth-order valence-corrected chi connectivity index (χ4v) is 2.24. The van der Waals surface area contributed by atoms with E-state index in [4.69, 9.17) is 0 Å². The van der Waals surface area contributed by atoms with Crippen LogP contribution in [-0.2, 0) is 6.18 Å². The van der Waals surface area contributed by atoms with Gasteiger partial charge in [0, 0.05) is 25.9 Å². The number of nitrogens with zero attached hydrogens (tertiary/aromatic N) is 5. The summed E-state index contributed by atoms with van der Waals surface area (Å²) in [6, 6.07) is 4.96. The molecule has 22 heavy (non-hydrogen) atoms. The summed E-state index contributed by atoms with van der Waals surface area (Å²) in [4.78, 5) is 10.00. The number of hydrogen-bond acceptors (Lipinski definition) is 4. The van der Waals surface area contributed by atoms with Crippen LogP contribution in [0.1, 0.15) is 5.56 Å². The molecule has 0 aliphatic heterocycles. The van der Waals surface area contributed by atoms with Crippen molar-refractivity contribution in [3.63, 3.8) is 0 Å². The summed E-state index contributed by atoms with van der Waals surface area (Å²) in [5.74, 6) is 1.13. The Morgan fingerprint density at radius 1 is 1.05 bits per heavy atom. The second-order valence-corrected chi connectivity index (χ2v) is 4.94. The third-order valence-corrected chi connectivity index (χ3v) is 3.23. The Hall–Kier alpha value is -2.64. The van der Waals surface area contributed by atoms with Crippen LogP contribution < -0.4 is 4.90 Å². The summed E-state index contributed by atoms with van der Waals surface area (Å²) >= 11 is 0. The summed E-state index contributed by atoms with van der Waals surface area (Å²) in [6.45, 7) is 0. The molecule has 0 saturated carbocycles. The average Bonchev–Trinajstić information content (AvgIpc) is 2.93. The van der Waals surface area contributed by atoms with Gasteiger partial charge in [-0.05, 0) is 17.7 Å².